The molecule has 0 saturated heterocycles. The first-order valence-electron chi connectivity index (χ1n) is 16.8. The second-order valence-corrected chi connectivity index (χ2v) is 13.9. The normalized spacial score (nSPS) is 11.7. The van der Waals surface area contributed by atoms with Gasteiger partial charge >= 0.3 is 71.1 Å². The summed E-state index contributed by atoms with van der Waals surface area (Å²) in [4.78, 5) is 57.0. The van der Waals surface area contributed by atoms with Crippen molar-refractivity contribution in [2.75, 3.05) is 19.0 Å². The van der Waals surface area contributed by atoms with Crippen molar-refractivity contribution in [3.63, 3.8) is 0 Å². The first-order valence-corrected chi connectivity index (χ1v) is 19.2. The molecule has 1 atom stereocenters. The molecular formula is C32H59Na2O9PS. The van der Waals surface area contributed by atoms with E-state index >= 15 is 0 Å². The van der Waals surface area contributed by atoms with Gasteiger partial charge in [0.15, 0.2) is 11.2 Å². The van der Waals surface area contributed by atoms with Crippen LogP contribution < -0.4 is 68.9 Å². The molecule has 13 heteroatoms. The van der Waals surface area contributed by atoms with Gasteiger partial charge in [-0.1, -0.05) is 134 Å². The molecule has 0 amide bonds. The van der Waals surface area contributed by atoms with Gasteiger partial charge in [0.2, 0.25) is 0 Å². The zero-order valence-electron chi connectivity index (χ0n) is 29.0. The SMILES string of the molecule is CCCCCCCCCCCC(=O)O[C@H](COC(=O)CCCCCCCCCCCCCCSC(C)=O)COP(=O)([O-])[O-].[Na+].[Na+]. The van der Waals surface area contributed by atoms with E-state index in [4.69, 9.17) is 9.47 Å². The summed E-state index contributed by atoms with van der Waals surface area (Å²) in [5.74, 6) is -0.0426. The number of ether oxygens (including phenoxy) is 2. The molecular weight excluding hydrogens is 637 g/mol. The van der Waals surface area contributed by atoms with Crippen LogP contribution in [0.15, 0.2) is 0 Å². The fourth-order valence-electron chi connectivity index (χ4n) is 4.73. The molecule has 0 unspecified atom stereocenters. The van der Waals surface area contributed by atoms with E-state index in [1.54, 1.807) is 6.92 Å². The van der Waals surface area contributed by atoms with Gasteiger partial charge in [-0.15, -0.1) is 0 Å². The van der Waals surface area contributed by atoms with Gasteiger partial charge in [-0.05, 0) is 19.3 Å². The van der Waals surface area contributed by atoms with Gasteiger partial charge in [-0.2, -0.15) is 0 Å². The predicted octanol–water partition coefficient (Wildman–Crippen LogP) is 1.57. The smallest absolute Gasteiger partial charge is 0.790 e. The van der Waals surface area contributed by atoms with Crippen molar-refractivity contribution in [3.8, 4) is 0 Å². The standard InChI is InChI=1S/C32H61O9PS.2Na/c1-3-4-5-6-7-12-16-19-22-25-32(35)41-30(28-40-42(36,37)38)27-39-31(34)24-21-18-15-13-10-8-9-11-14-17-20-23-26-43-29(2)33;;/h30H,3-28H2,1-2H3,(H2,36,37,38);;/q;2*+1/p-2/t30-;;/m1../s1. The minimum Gasteiger partial charge on any atom is -0.790 e. The van der Waals surface area contributed by atoms with Gasteiger partial charge in [0.05, 0.1) is 14.4 Å². The van der Waals surface area contributed by atoms with Crippen molar-refractivity contribution >= 4 is 36.6 Å². The zero-order chi connectivity index (χ0) is 32.0. The van der Waals surface area contributed by atoms with Crippen molar-refractivity contribution in [2.24, 2.45) is 0 Å². The molecule has 254 valence electrons. The van der Waals surface area contributed by atoms with E-state index in [0.717, 1.165) is 50.7 Å². The van der Waals surface area contributed by atoms with Crippen molar-refractivity contribution in [1.29, 1.82) is 0 Å². The molecule has 0 aromatic heterocycles. The van der Waals surface area contributed by atoms with Gasteiger partial charge in [-0.3, -0.25) is 14.4 Å². The van der Waals surface area contributed by atoms with E-state index in [1.807, 2.05) is 0 Å². The van der Waals surface area contributed by atoms with Crippen molar-refractivity contribution < 1.29 is 102 Å². The van der Waals surface area contributed by atoms with Crippen LogP contribution in [0.4, 0.5) is 0 Å². The number of hydrogen-bond donors (Lipinski definition) is 0. The summed E-state index contributed by atoms with van der Waals surface area (Å²) in [6.07, 6.45) is 22.7. The molecule has 0 bridgehead atoms. The van der Waals surface area contributed by atoms with Crippen LogP contribution in [0.3, 0.4) is 0 Å². The average Bonchev–Trinajstić information content (AvgIpc) is 2.95. The number of esters is 2. The van der Waals surface area contributed by atoms with Crippen LogP contribution >= 0.6 is 19.6 Å². The molecule has 0 fully saturated rings. The summed E-state index contributed by atoms with van der Waals surface area (Å²) in [5, 5.41) is 0.201. The third-order valence-electron chi connectivity index (χ3n) is 7.21. The van der Waals surface area contributed by atoms with E-state index in [9.17, 15) is 28.7 Å². The summed E-state index contributed by atoms with van der Waals surface area (Å²) in [6.45, 7) is 2.80. The summed E-state index contributed by atoms with van der Waals surface area (Å²) >= 11 is 1.42. The first kappa shape index (κ1) is 50.4. The predicted molar refractivity (Wildman–Crippen MR) is 169 cm³/mol. The number of rotatable bonds is 31. The zero-order valence-corrected chi connectivity index (χ0v) is 34.7. The Morgan fingerprint density at radius 2 is 1.02 bits per heavy atom. The molecule has 0 spiro atoms. The van der Waals surface area contributed by atoms with Crippen LogP contribution in [0, 0.1) is 0 Å². The Kier molecular flexibility index (Phi) is 40.8. The molecule has 0 N–H and O–H groups in total. The number of carbonyl (C=O) groups is 3. The molecule has 0 rings (SSSR count). The van der Waals surface area contributed by atoms with Gasteiger partial charge in [0, 0.05) is 25.5 Å². The van der Waals surface area contributed by atoms with Gasteiger partial charge in [0.1, 0.15) is 6.61 Å². The Balaban J connectivity index is -0.00000882. The minimum absolute atomic E-state index is 0. The molecule has 0 aliphatic heterocycles. The van der Waals surface area contributed by atoms with Crippen LogP contribution in [0.1, 0.15) is 162 Å². The fourth-order valence-corrected chi connectivity index (χ4v) is 5.71. The van der Waals surface area contributed by atoms with Crippen LogP contribution in [-0.4, -0.2) is 42.1 Å². The number of carbonyl (C=O) groups excluding carboxylic acids is 3. The van der Waals surface area contributed by atoms with Gasteiger partial charge < -0.3 is 28.3 Å². The Bertz CT molecular complexity index is 756. The van der Waals surface area contributed by atoms with Crippen LogP contribution in [-0.2, 0) is 32.9 Å². The Morgan fingerprint density at radius 3 is 1.44 bits per heavy atom. The number of hydrogen-bond acceptors (Lipinski definition) is 10. The maximum absolute atomic E-state index is 12.2. The molecule has 0 radical (unpaired) electrons. The monoisotopic (exact) mass is 696 g/mol. The number of phosphoric ester groups is 1. The van der Waals surface area contributed by atoms with E-state index in [0.29, 0.717) is 12.8 Å². The van der Waals surface area contributed by atoms with Crippen molar-refractivity contribution in [1.82, 2.24) is 0 Å². The molecule has 0 aromatic rings. The third-order valence-corrected chi connectivity index (χ3v) is 8.58. The molecule has 0 saturated carbocycles. The maximum atomic E-state index is 12.2. The van der Waals surface area contributed by atoms with Crippen LogP contribution in [0.2, 0.25) is 0 Å². The third kappa shape index (κ3) is 41.2. The Labute approximate surface area is 322 Å². The minimum atomic E-state index is -5.24. The quantitative estimate of drug-likeness (QED) is 0.0454. The first-order chi connectivity index (χ1) is 20.6. The summed E-state index contributed by atoms with van der Waals surface area (Å²) in [6, 6.07) is 0. The van der Waals surface area contributed by atoms with Crippen LogP contribution in [0.25, 0.3) is 0 Å². The molecule has 45 heavy (non-hydrogen) atoms. The van der Waals surface area contributed by atoms with Gasteiger partial charge in [0.25, 0.3) is 0 Å². The number of phosphoric acid groups is 1. The summed E-state index contributed by atoms with van der Waals surface area (Å²) in [5.41, 5.74) is 0. The van der Waals surface area contributed by atoms with Crippen molar-refractivity contribution in [2.45, 2.75) is 168 Å². The summed E-state index contributed by atoms with van der Waals surface area (Å²) < 4.78 is 25.6. The Hall–Kier alpha value is 1.07. The maximum Gasteiger partial charge on any atom is 1.00 e. The molecule has 9 nitrogen and oxygen atoms in total. The summed E-state index contributed by atoms with van der Waals surface area (Å²) in [7, 11) is -5.24. The van der Waals surface area contributed by atoms with Crippen LogP contribution in [0.5, 0.6) is 0 Å². The molecule has 0 heterocycles. The van der Waals surface area contributed by atoms with Crippen molar-refractivity contribution in [3.05, 3.63) is 0 Å². The average molecular weight is 697 g/mol. The largest absolute Gasteiger partial charge is 1.00 e. The second kappa shape index (κ2) is 36.4. The van der Waals surface area contributed by atoms with E-state index in [1.165, 1.54) is 88.8 Å². The van der Waals surface area contributed by atoms with E-state index in [2.05, 4.69) is 11.4 Å². The molecule has 0 aromatic carbocycles. The van der Waals surface area contributed by atoms with E-state index in [-0.39, 0.29) is 83.7 Å². The fraction of sp³-hybridized carbons (Fsp3) is 0.906. The Morgan fingerprint density at radius 1 is 0.622 bits per heavy atom. The second-order valence-electron chi connectivity index (χ2n) is 11.4. The van der Waals surface area contributed by atoms with Gasteiger partial charge in [-0.25, -0.2) is 0 Å². The topological polar surface area (TPSA) is 142 Å². The van der Waals surface area contributed by atoms with E-state index < -0.39 is 32.5 Å². The molecule has 0 aliphatic rings. The number of thioether (sulfide) groups is 1. The molecule has 0 aliphatic carbocycles. The number of unbranched alkanes of at least 4 members (excludes halogenated alkanes) is 19.